The molecule has 3 nitrogen and oxygen atoms in total. The van der Waals surface area contributed by atoms with Crippen LogP contribution in [0.25, 0.3) is 0 Å². The highest BCUT2D eigenvalue weighted by Crippen LogP contribution is 2.54. The minimum Gasteiger partial charge on any atom is -0.493 e. The van der Waals surface area contributed by atoms with Crippen LogP contribution in [0.15, 0.2) is 16.6 Å². The van der Waals surface area contributed by atoms with Crippen LogP contribution in [-0.2, 0) is 5.41 Å². The van der Waals surface area contributed by atoms with E-state index in [-0.39, 0.29) is 11.5 Å². The topological polar surface area (TPSA) is 44.5 Å². The van der Waals surface area contributed by atoms with E-state index in [1.165, 1.54) is 18.4 Å². The lowest BCUT2D eigenvalue weighted by Crippen LogP contribution is -2.31. The summed E-state index contributed by atoms with van der Waals surface area (Å²) < 4.78 is 12.8. The van der Waals surface area contributed by atoms with Crippen molar-refractivity contribution in [2.24, 2.45) is 5.73 Å². The quantitative estimate of drug-likeness (QED) is 0.864. The summed E-state index contributed by atoms with van der Waals surface area (Å²) in [7, 11) is 1.71. The van der Waals surface area contributed by atoms with Crippen molar-refractivity contribution in [1.82, 2.24) is 0 Å². The zero-order valence-electron chi connectivity index (χ0n) is 12.8. The van der Waals surface area contributed by atoms with Crippen molar-refractivity contribution in [1.29, 1.82) is 0 Å². The summed E-state index contributed by atoms with van der Waals surface area (Å²) in [5, 5.41) is 0. The summed E-state index contributed by atoms with van der Waals surface area (Å²) in [5.74, 6) is 1.67. The molecule has 116 valence electrons. The zero-order chi connectivity index (χ0) is 15.0. The molecule has 0 saturated heterocycles. The minimum absolute atomic E-state index is 0.109. The smallest absolute Gasteiger partial charge is 0.162 e. The maximum atomic E-state index is 6.20. The third-order valence-electron chi connectivity index (χ3n) is 5.05. The van der Waals surface area contributed by atoms with Crippen LogP contribution in [0.1, 0.15) is 51.0 Å². The second-order valence-corrected chi connectivity index (χ2v) is 7.31. The Hall–Kier alpha value is -0.740. The summed E-state index contributed by atoms with van der Waals surface area (Å²) in [6, 6.07) is 4.33. The summed E-state index contributed by atoms with van der Waals surface area (Å²) in [4.78, 5) is 0. The molecule has 0 heterocycles. The molecule has 2 aliphatic carbocycles. The van der Waals surface area contributed by atoms with Crippen LogP contribution in [0.2, 0.25) is 0 Å². The summed E-state index contributed by atoms with van der Waals surface area (Å²) in [6.07, 6.45) is 7.45. The van der Waals surface area contributed by atoms with E-state index in [9.17, 15) is 0 Å². The van der Waals surface area contributed by atoms with E-state index in [1.807, 2.05) is 0 Å². The van der Waals surface area contributed by atoms with Crippen LogP contribution in [0.4, 0.5) is 0 Å². The first-order chi connectivity index (χ1) is 10.1. The maximum absolute atomic E-state index is 6.20. The molecular formula is C17H24BrNO2. The van der Waals surface area contributed by atoms with Crippen LogP contribution < -0.4 is 15.2 Å². The average Bonchev–Trinajstić information content (AvgIpc) is 3.11. The molecule has 4 heteroatoms. The monoisotopic (exact) mass is 353 g/mol. The van der Waals surface area contributed by atoms with Crippen molar-refractivity contribution in [3.63, 3.8) is 0 Å². The SMILES string of the molecule is COc1cc(C2(C(C)N)CC2)c(Br)cc1OC1CCCC1. The number of benzene rings is 1. The molecule has 2 fully saturated rings. The molecule has 1 aromatic rings. The van der Waals surface area contributed by atoms with Gasteiger partial charge >= 0.3 is 0 Å². The van der Waals surface area contributed by atoms with Gasteiger partial charge in [-0.25, -0.2) is 0 Å². The molecule has 0 radical (unpaired) electrons. The predicted octanol–water partition coefficient (Wildman–Crippen LogP) is 4.16. The van der Waals surface area contributed by atoms with Crippen molar-refractivity contribution in [2.75, 3.05) is 7.11 Å². The number of methoxy groups -OCH3 is 1. The molecule has 2 saturated carbocycles. The lowest BCUT2D eigenvalue weighted by molar-refractivity contribution is 0.200. The van der Waals surface area contributed by atoms with Crippen LogP contribution in [0, 0.1) is 0 Å². The van der Waals surface area contributed by atoms with E-state index in [2.05, 4.69) is 35.0 Å². The average molecular weight is 354 g/mol. The molecule has 2 N–H and O–H groups in total. The predicted molar refractivity (Wildman–Crippen MR) is 88.1 cm³/mol. The first-order valence-corrected chi connectivity index (χ1v) is 8.66. The van der Waals surface area contributed by atoms with E-state index in [0.29, 0.717) is 6.10 Å². The molecule has 3 rings (SSSR count). The van der Waals surface area contributed by atoms with Gasteiger partial charge in [0, 0.05) is 15.9 Å². The third kappa shape index (κ3) is 2.80. The Morgan fingerprint density at radius 3 is 2.43 bits per heavy atom. The van der Waals surface area contributed by atoms with E-state index < -0.39 is 0 Å². The van der Waals surface area contributed by atoms with Crippen molar-refractivity contribution >= 4 is 15.9 Å². The summed E-state index contributed by atoms with van der Waals surface area (Å²) in [5.41, 5.74) is 7.57. The Labute approximate surface area is 135 Å². The first kappa shape index (κ1) is 15.2. The number of ether oxygens (including phenoxy) is 2. The summed E-state index contributed by atoms with van der Waals surface area (Å²) >= 11 is 3.71. The van der Waals surface area contributed by atoms with Crippen LogP contribution in [0.5, 0.6) is 11.5 Å². The Bertz CT molecular complexity index is 520. The fourth-order valence-electron chi connectivity index (χ4n) is 3.46. The summed E-state index contributed by atoms with van der Waals surface area (Å²) in [6.45, 7) is 2.09. The molecule has 0 aliphatic heterocycles. The van der Waals surface area contributed by atoms with Gasteiger partial charge in [-0.15, -0.1) is 0 Å². The molecule has 0 spiro atoms. The Morgan fingerprint density at radius 2 is 1.90 bits per heavy atom. The minimum atomic E-state index is 0.109. The molecule has 1 atom stereocenters. The molecule has 1 unspecified atom stereocenters. The van der Waals surface area contributed by atoms with E-state index in [1.54, 1.807) is 7.11 Å². The van der Waals surface area contributed by atoms with E-state index >= 15 is 0 Å². The zero-order valence-corrected chi connectivity index (χ0v) is 14.4. The van der Waals surface area contributed by atoms with Gasteiger partial charge in [-0.1, -0.05) is 15.9 Å². The van der Waals surface area contributed by atoms with E-state index in [0.717, 1.165) is 41.7 Å². The Balaban J connectivity index is 1.91. The van der Waals surface area contributed by atoms with Gasteiger partial charge in [-0.2, -0.15) is 0 Å². The van der Waals surface area contributed by atoms with Gasteiger partial charge in [-0.3, -0.25) is 0 Å². The highest BCUT2D eigenvalue weighted by molar-refractivity contribution is 9.10. The standard InChI is InChI=1S/C17H24BrNO2/c1-11(19)17(7-8-17)13-9-15(20-2)16(10-14(13)18)21-12-5-3-4-6-12/h9-12H,3-8,19H2,1-2H3. The fourth-order valence-corrected chi connectivity index (χ4v) is 4.18. The molecule has 21 heavy (non-hydrogen) atoms. The van der Waals surface area contributed by atoms with Gasteiger partial charge < -0.3 is 15.2 Å². The number of halogens is 1. The normalized spacial score (nSPS) is 22.1. The molecule has 0 aromatic heterocycles. The number of hydrogen-bond acceptors (Lipinski definition) is 3. The van der Waals surface area contributed by atoms with Gasteiger partial charge in [0.25, 0.3) is 0 Å². The molecule has 2 aliphatic rings. The fraction of sp³-hybridized carbons (Fsp3) is 0.647. The number of hydrogen-bond donors (Lipinski definition) is 1. The first-order valence-electron chi connectivity index (χ1n) is 7.87. The molecular weight excluding hydrogens is 330 g/mol. The Morgan fingerprint density at radius 1 is 1.24 bits per heavy atom. The molecule has 1 aromatic carbocycles. The van der Waals surface area contributed by atoms with Gasteiger partial charge in [0.05, 0.1) is 13.2 Å². The third-order valence-corrected chi connectivity index (χ3v) is 5.70. The highest BCUT2D eigenvalue weighted by atomic mass is 79.9. The van der Waals surface area contributed by atoms with Gasteiger partial charge in [-0.05, 0) is 63.1 Å². The highest BCUT2D eigenvalue weighted by Gasteiger charge is 2.48. The maximum Gasteiger partial charge on any atom is 0.162 e. The lowest BCUT2D eigenvalue weighted by Gasteiger charge is -2.24. The number of rotatable bonds is 5. The number of nitrogens with two attached hydrogens (primary N) is 1. The van der Waals surface area contributed by atoms with Crippen LogP contribution >= 0.6 is 15.9 Å². The van der Waals surface area contributed by atoms with Gasteiger partial charge in [0.2, 0.25) is 0 Å². The lowest BCUT2D eigenvalue weighted by atomic mass is 9.89. The van der Waals surface area contributed by atoms with Crippen LogP contribution in [0.3, 0.4) is 0 Å². The van der Waals surface area contributed by atoms with E-state index in [4.69, 9.17) is 15.2 Å². The van der Waals surface area contributed by atoms with Crippen molar-refractivity contribution in [3.05, 3.63) is 22.2 Å². The van der Waals surface area contributed by atoms with Crippen LogP contribution in [-0.4, -0.2) is 19.3 Å². The van der Waals surface area contributed by atoms with Crippen molar-refractivity contribution in [3.8, 4) is 11.5 Å². The Kier molecular flexibility index (Phi) is 4.19. The largest absolute Gasteiger partial charge is 0.493 e. The van der Waals surface area contributed by atoms with Crippen molar-refractivity contribution in [2.45, 2.75) is 63.0 Å². The molecule has 0 bridgehead atoms. The second kappa shape index (κ2) is 5.81. The second-order valence-electron chi connectivity index (χ2n) is 6.45. The van der Waals surface area contributed by atoms with Gasteiger partial charge in [0.1, 0.15) is 0 Å². The molecule has 0 amide bonds. The van der Waals surface area contributed by atoms with Crippen molar-refractivity contribution < 1.29 is 9.47 Å². The van der Waals surface area contributed by atoms with Gasteiger partial charge in [0.15, 0.2) is 11.5 Å².